The Morgan fingerprint density at radius 3 is 2.11 bits per heavy atom. The quantitative estimate of drug-likeness (QED) is 0.672. The Hall–Kier alpha value is -1.47. The van der Waals surface area contributed by atoms with Crippen molar-refractivity contribution >= 4 is 17.1 Å². The van der Waals surface area contributed by atoms with Crippen molar-refractivity contribution in [1.29, 1.82) is 0 Å². The largest absolute Gasteiger partial charge is 0.0893 e. The molecule has 0 aliphatic carbocycles. The zero-order valence-electron chi connectivity index (χ0n) is 10.7. The predicted octanol–water partition coefficient (Wildman–Crippen LogP) is 5.07. The maximum Gasteiger partial charge on any atom is 0.00382 e. The van der Waals surface area contributed by atoms with Gasteiger partial charge in [-0.3, -0.25) is 0 Å². The van der Waals surface area contributed by atoms with E-state index in [9.17, 15) is 0 Å². The molecule has 0 spiro atoms. The van der Waals surface area contributed by atoms with Crippen LogP contribution >= 0.6 is 12.2 Å². The summed E-state index contributed by atoms with van der Waals surface area (Å²) < 4.78 is 0. The van der Waals surface area contributed by atoms with E-state index in [2.05, 4.69) is 55.5 Å². The molecular weight excluding hydrogens is 236 g/mol. The van der Waals surface area contributed by atoms with Gasteiger partial charge in [-0.15, -0.1) is 0 Å². The molecule has 0 bridgehead atoms. The monoisotopic (exact) mass is 254 g/mol. The highest BCUT2D eigenvalue weighted by molar-refractivity contribution is 7.80. The minimum atomic E-state index is 0.929. The van der Waals surface area contributed by atoms with Crippen molar-refractivity contribution in [3.05, 3.63) is 60.2 Å². The van der Waals surface area contributed by atoms with E-state index in [1.165, 1.54) is 16.7 Å². The highest BCUT2D eigenvalue weighted by Crippen LogP contribution is 2.19. The molecule has 0 aromatic heterocycles. The first kappa shape index (κ1) is 13.0. The first-order chi connectivity index (χ1) is 8.79. The molecule has 18 heavy (non-hydrogen) atoms. The second-order valence-corrected chi connectivity index (χ2v) is 5.11. The molecule has 0 saturated heterocycles. The lowest BCUT2D eigenvalue weighted by molar-refractivity contribution is 0.989. The third kappa shape index (κ3) is 3.51. The van der Waals surface area contributed by atoms with Crippen molar-refractivity contribution in [3.63, 3.8) is 0 Å². The van der Waals surface area contributed by atoms with E-state index in [0.29, 0.717) is 0 Å². The van der Waals surface area contributed by atoms with Gasteiger partial charge >= 0.3 is 0 Å². The molecule has 0 atom stereocenters. The topological polar surface area (TPSA) is 0 Å². The second kappa shape index (κ2) is 6.46. The molecule has 2 aromatic carbocycles. The molecule has 0 N–H and O–H groups in total. The standard InChI is InChI=1S/C17H18S/c1-2-6-17(18)13-14-9-11-16(12-10-14)15-7-4-3-5-8-15/h3-5,7-12H,2,6,13H2,1H3. The number of rotatable bonds is 5. The maximum absolute atomic E-state index is 5.36. The molecule has 92 valence electrons. The molecule has 0 unspecified atom stereocenters. The van der Waals surface area contributed by atoms with Crippen molar-refractivity contribution in [2.45, 2.75) is 26.2 Å². The molecule has 0 heterocycles. The van der Waals surface area contributed by atoms with Gasteiger partial charge in [0.2, 0.25) is 0 Å². The zero-order valence-corrected chi connectivity index (χ0v) is 11.5. The van der Waals surface area contributed by atoms with Gasteiger partial charge in [-0.25, -0.2) is 0 Å². The number of thiocarbonyl (C=S) groups is 1. The summed E-state index contributed by atoms with van der Waals surface area (Å²) in [6, 6.07) is 19.2. The summed E-state index contributed by atoms with van der Waals surface area (Å²) in [5.41, 5.74) is 3.84. The Labute approximate surface area is 115 Å². The fourth-order valence-electron chi connectivity index (χ4n) is 2.04. The summed E-state index contributed by atoms with van der Waals surface area (Å²) >= 11 is 5.36. The van der Waals surface area contributed by atoms with Crippen molar-refractivity contribution in [3.8, 4) is 11.1 Å². The van der Waals surface area contributed by atoms with Crippen LogP contribution in [-0.2, 0) is 6.42 Å². The van der Waals surface area contributed by atoms with Crippen LogP contribution in [0.15, 0.2) is 54.6 Å². The SMILES string of the molecule is CCCC(=S)Cc1ccc(-c2ccccc2)cc1. The summed E-state index contributed by atoms with van der Waals surface area (Å²) in [6.45, 7) is 2.17. The van der Waals surface area contributed by atoms with E-state index in [4.69, 9.17) is 12.2 Å². The molecule has 0 aliphatic heterocycles. The van der Waals surface area contributed by atoms with Crippen molar-refractivity contribution in [2.75, 3.05) is 0 Å². The molecule has 0 nitrogen and oxygen atoms in total. The van der Waals surface area contributed by atoms with Gasteiger partial charge in [0.15, 0.2) is 0 Å². The summed E-state index contributed by atoms with van der Waals surface area (Å²) in [5.74, 6) is 0. The van der Waals surface area contributed by atoms with Crippen LogP contribution in [0.4, 0.5) is 0 Å². The average Bonchev–Trinajstić information content (AvgIpc) is 2.41. The van der Waals surface area contributed by atoms with E-state index in [1.807, 2.05) is 6.07 Å². The highest BCUT2D eigenvalue weighted by atomic mass is 32.1. The van der Waals surface area contributed by atoms with Gasteiger partial charge in [0.05, 0.1) is 0 Å². The van der Waals surface area contributed by atoms with Gasteiger partial charge in [0.1, 0.15) is 0 Å². The van der Waals surface area contributed by atoms with Gasteiger partial charge in [0.25, 0.3) is 0 Å². The molecule has 2 rings (SSSR count). The van der Waals surface area contributed by atoms with Crippen LogP contribution in [0.1, 0.15) is 25.3 Å². The van der Waals surface area contributed by atoms with E-state index < -0.39 is 0 Å². The van der Waals surface area contributed by atoms with Crippen LogP contribution < -0.4 is 0 Å². The van der Waals surface area contributed by atoms with E-state index in [-0.39, 0.29) is 0 Å². The molecule has 1 heteroatoms. The lowest BCUT2D eigenvalue weighted by Gasteiger charge is -2.05. The van der Waals surface area contributed by atoms with Gasteiger partial charge in [-0.2, -0.15) is 0 Å². The van der Waals surface area contributed by atoms with Crippen LogP contribution in [0.5, 0.6) is 0 Å². The predicted molar refractivity (Wildman–Crippen MR) is 83.1 cm³/mol. The average molecular weight is 254 g/mol. The van der Waals surface area contributed by atoms with Gasteiger partial charge in [-0.1, -0.05) is 80.2 Å². The van der Waals surface area contributed by atoms with Gasteiger partial charge < -0.3 is 0 Å². The first-order valence-corrected chi connectivity index (χ1v) is 6.86. The van der Waals surface area contributed by atoms with Crippen molar-refractivity contribution < 1.29 is 0 Å². The number of benzene rings is 2. The third-order valence-corrected chi connectivity index (χ3v) is 3.34. The fraction of sp³-hybridized carbons (Fsp3) is 0.235. The van der Waals surface area contributed by atoms with Crippen LogP contribution in [0.2, 0.25) is 0 Å². The zero-order chi connectivity index (χ0) is 12.8. The van der Waals surface area contributed by atoms with E-state index >= 15 is 0 Å². The van der Waals surface area contributed by atoms with Crippen LogP contribution in [-0.4, -0.2) is 4.86 Å². The molecule has 2 aromatic rings. The molecule has 0 aliphatic rings. The Morgan fingerprint density at radius 2 is 1.50 bits per heavy atom. The normalized spacial score (nSPS) is 10.3. The summed E-state index contributed by atoms with van der Waals surface area (Å²) in [5, 5.41) is 0. The van der Waals surface area contributed by atoms with Gasteiger partial charge in [-0.05, 0) is 28.0 Å². The summed E-state index contributed by atoms with van der Waals surface area (Å²) in [6.07, 6.45) is 3.12. The Kier molecular flexibility index (Phi) is 4.66. The minimum absolute atomic E-state index is 0.929. The lowest BCUT2D eigenvalue weighted by Crippen LogP contribution is -1.98. The van der Waals surface area contributed by atoms with Crippen molar-refractivity contribution in [2.24, 2.45) is 0 Å². The third-order valence-electron chi connectivity index (χ3n) is 2.99. The van der Waals surface area contributed by atoms with Crippen LogP contribution in [0, 0.1) is 0 Å². The second-order valence-electron chi connectivity index (χ2n) is 4.53. The lowest BCUT2D eigenvalue weighted by atomic mass is 10.0. The number of hydrogen-bond donors (Lipinski definition) is 0. The molecule has 0 saturated carbocycles. The Morgan fingerprint density at radius 1 is 0.889 bits per heavy atom. The van der Waals surface area contributed by atoms with Crippen LogP contribution in [0.25, 0.3) is 11.1 Å². The number of hydrogen-bond acceptors (Lipinski definition) is 1. The Balaban J connectivity index is 2.09. The summed E-state index contributed by atoms with van der Waals surface area (Å²) in [7, 11) is 0. The summed E-state index contributed by atoms with van der Waals surface area (Å²) in [4.78, 5) is 1.16. The van der Waals surface area contributed by atoms with E-state index in [1.54, 1.807) is 0 Å². The van der Waals surface area contributed by atoms with Crippen LogP contribution in [0.3, 0.4) is 0 Å². The smallest absolute Gasteiger partial charge is 0.00382 e. The maximum atomic E-state index is 5.36. The molecular formula is C17H18S. The first-order valence-electron chi connectivity index (χ1n) is 6.45. The fourth-order valence-corrected chi connectivity index (χ4v) is 2.41. The van der Waals surface area contributed by atoms with Gasteiger partial charge in [0, 0.05) is 6.42 Å². The highest BCUT2D eigenvalue weighted by Gasteiger charge is 2.00. The van der Waals surface area contributed by atoms with E-state index in [0.717, 1.165) is 24.1 Å². The molecule has 0 radical (unpaired) electrons. The van der Waals surface area contributed by atoms with Crippen molar-refractivity contribution in [1.82, 2.24) is 0 Å². The molecule has 0 amide bonds. The molecule has 0 fully saturated rings. The minimum Gasteiger partial charge on any atom is -0.0893 e. The Bertz CT molecular complexity index is 497.